The standard InChI is InChI=1S/C12H19NO2/c1-12(14-4,15-5)10-6-8-11(9-7-10)13(2)3/h6-9H,1-5H3. The van der Waals surface area contributed by atoms with Gasteiger partial charge in [-0.3, -0.25) is 0 Å². The molecule has 15 heavy (non-hydrogen) atoms. The Kier molecular flexibility index (Phi) is 3.72. The number of benzene rings is 1. The van der Waals surface area contributed by atoms with Crippen molar-refractivity contribution in [1.82, 2.24) is 0 Å². The van der Waals surface area contributed by atoms with Crippen LogP contribution in [0, 0.1) is 0 Å². The molecule has 84 valence electrons. The molecule has 0 aliphatic rings. The fourth-order valence-electron chi connectivity index (χ4n) is 1.38. The Morgan fingerprint density at radius 1 is 1.00 bits per heavy atom. The van der Waals surface area contributed by atoms with E-state index in [9.17, 15) is 0 Å². The van der Waals surface area contributed by atoms with Crippen molar-refractivity contribution in [2.75, 3.05) is 33.2 Å². The van der Waals surface area contributed by atoms with E-state index in [1.165, 1.54) is 0 Å². The van der Waals surface area contributed by atoms with Gasteiger partial charge in [-0.1, -0.05) is 12.1 Å². The van der Waals surface area contributed by atoms with E-state index < -0.39 is 5.79 Å². The zero-order valence-electron chi connectivity index (χ0n) is 10.1. The normalized spacial score (nSPS) is 11.5. The second-order valence-electron chi connectivity index (χ2n) is 3.80. The lowest BCUT2D eigenvalue weighted by molar-refractivity contribution is -0.201. The van der Waals surface area contributed by atoms with Crippen LogP contribution in [0.1, 0.15) is 12.5 Å². The molecule has 1 aromatic carbocycles. The van der Waals surface area contributed by atoms with Crippen LogP contribution in [0.3, 0.4) is 0 Å². The second kappa shape index (κ2) is 4.64. The maximum Gasteiger partial charge on any atom is 0.191 e. The average molecular weight is 209 g/mol. The molecular formula is C12H19NO2. The molecule has 3 heteroatoms. The van der Waals surface area contributed by atoms with Crippen molar-refractivity contribution in [1.29, 1.82) is 0 Å². The highest BCUT2D eigenvalue weighted by molar-refractivity contribution is 5.46. The molecule has 0 aromatic heterocycles. The predicted octanol–water partition coefficient (Wildman–Crippen LogP) is 2.22. The monoisotopic (exact) mass is 209 g/mol. The highest BCUT2D eigenvalue weighted by Crippen LogP contribution is 2.26. The van der Waals surface area contributed by atoms with Gasteiger partial charge in [0.25, 0.3) is 0 Å². The Morgan fingerprint density at radius 3 is 1.80 bits per heavy atom. The summed E-state index contributed by atoms with van der Waals surface area (Å²) >= 11 is 0. The maximum atomic E-state index is 5.34. The first kappa shape index (κ1) is 12.0. The van der Waals surface area contributed by atoms with Crippen molar-refractivity contribution in [2.24, 2.45) is 0 Å². The van der Waals surface area contributed by atoms with Gasteiger partial charge in [-0.05, 0) is 19.1 Å². The van der Waals surface area contributed by atoms with Crippen LogP contribution in [-0.2, 0) is 15.3 Å². The lowest BCUT2D eigenvalue weighted by Crippen LogP contribution is -2.26. The van der Waals surface area contributed by atoms with Crippen molar-refractivity contribution in [3.8, 4) is 0 Å². The van der Waals surface area contributed by atoms with Gasteiger partial charge in [0.2, 0.25) is 0 Å². The van der Waals surface area contributed by atoms with Crippen molar-refractivity contribution in [2.45, 2.75) is 12.7 Å². The summed E-state index contributed by atoms with van der Waals surface area (Å²) in [5.41, 5.74) is 2.17. The van der Waals surface area contributed by atoms with Crippen LogP contribution >= 0.6 is 0 Å². The molecule has 0 fully saturated rings. The van der Waals surface area contributed by atoms with E-state index in [0.29, 0.717) is 0 Å². The fourth-order valence-corrected chi connectivity index (χ4v) is 1.38. The van der Waals surface area contributed by atoms with Gasteiger partial charge < -0.3 is 14.4 Å². The Hall–Kier alpha value is -1.06. The molecule has 0 atom stereocenters. The van der Waals surface area contributed by atoms with Gasteiger partial charge in [0.15, 0.2) is 5.79 Å². The summed E-state index contributed by atoms with van der Waals surface area (Å²) in [6.07, 6.45) is 0. The van der Waals surface area contributed by atoms with Gasteiger partial charge in [0.1, 0.15) is 0 Å². The summed E-state index contributed by atoms with van der Waals surface area (Å²) < 4.78 is 10.7. The largest absolute Gasteiger partial charge is 0.378 e. The lowest BCUT2D eigenvalue weighted by Gasteiger charge is -2.27. The van der Waals surface area contributed by atoms with Gasteiger partial charge in [-0.2, -0.15) is 0 Å². The SMILES string of the molecule is COC(C)(OC)c1ccc(N(C)C)cc1. The summed E-state index contributed by atoms with van der Waals surface area (Å²) in [5, 5.41) is 0. The van der Waals surface area contributed by atoms with Crippen molar-refractivity contribution in [3.63, 3.8) is 0 Å². The minimum atomic E-state index is -0.662. The molecule has 0 saturated heterocycles. The number of ether oxygens (including phenoxy) is 2. The van der Waals surface area contributed by atoms with Crippen LogP contribution < -0.4 is 4.90 Å². The summed E-state index contributed by atoms with van der Waals surface area (Å²) in [4.78, 5) is 2.06. The minimum Gasteiger partial charge on any atom is -0.378 e. The highest BCUT2D eigenvalue weighted by atomic mass is 16.7. The van der Waals surface area contributed by atoms with E-state index in [1.807, 2.05) is 45.3 Å². The first-order valence-corrected chi connectivity index (χ1v) is 4.91. The van der Waals surface area contributed by atoms with Crippen molar-refractivity contribution in [3.05, 3.63) is 29.8 Å². The van der Waals surface area contributed by atoms with E-state index in [-0.39, 0.29) is 0 Å². The average Bonchev–Trinajstić information content (AvgIpc) is 2.28. The first-order valence-electron chi connectivity index (χ1n) is 4.91. The van der Waals surface area contributed by atoms with Gasteiger partial charge >= 0.3 is 0 Å². The first-order chi connectivity index (χ1) is 7.03. The molecule has 0 heterocycles. The van der Waals surface area contributed by atoms with E-state index in [0.717, 1.165) is 11.3 Å². The van der Waals surface area contributed by atoms with E-state index in [4.69, 9.17) is 9.47 Å². The van der Waals surface area contributed by atoms with Crippen molar-refractivity contribution >= 4 is 5.69 Å². The van der Waals surface area contributed by atoms with Crippen LogP contribution in [-0.4, -0.2) is 28.3 Å². The molecule has 0 aliphatic heterocycles. The number of rotatable bonds is 4. The molecule has 0 amide bonds. The van der Waals surface area contributed by atoms with Crippen molar-refractivity contribution < 1.29 is 9.47 Å². The molecule has 0 unspecified atom stereocenters. The van der Waals surface area contributed by atoms with E-state index in [1.54, 1.807) is 14.2 Å². The third-order valence-corrected chi connectivity index (χ3v) is 2.69. The second-order valence-corrected chi connectivity index (χ2v) is 3.80. The molecular weight excluding hydrogens is 190 g/mol. The zero-order valence-corrected chi connectivity index (χ0v) is 10.1. The number of hydrogen-bond donors (Lipinski definition) is 0. The van der Waals surface area contributed by atoms with E-state index in [2.05, 4.69) is 4.90 Å². The summed E-state index contributed by atoms with van der Waals surface area (Å²) in [7, 11) is 7.31. The highest BCUT2D eigenvalue weighted by Gasteiger charge is 2.25. The summed E-state index contributed by atoms with van der Waals surface area (Å²) in [6, 6.07) is 8.13. The molecule has 0 aliphatic carbocycles. The Balaban J connectivity index is 2.97. The van der Waals surface area contributed by atoms with Gasteiger partial charge in [0.05, 0.1) is 0 Å². The molecule has 3 nitrogen and oxygen atoms in total. The summed E-state index contributed by atoms with van der Waals surface area (Å²) in [5.74, 6) is -0.662. The zero-order chi connectivity index (χ0) is 11.5. The molecule has 0 N–H and O–H groups in total. The van der Waals surface area contributed by atoms with E-state index >= 15 is 0 Å². The van der Waals surface area contributed by atoms with Crippen LogP contribution in [0.2, 0.25) is 0 Å². The number of nitrogens with zero attached hydrogens (tertiary/aromatic N) is 1. The maximum absolute atomic E-state index is 5.34. The third kappa shape index (κ3) is 2.49. The van der Waals surface area contributed by atoms with Crippen LogP contribution in [0.5, 0.6) is 0 Å². The van der Waals surface area contributed by atoms with Crippen LogP contribution in [0.25, 0.3) is 0 Å². The fraction of sp³-hybridized carbons (Fsp3) is 0.500. The smallest absolute Gasteiger partial charge is 0.191 e. The molecule has 1 aromatic rings. The molecule has 0 bridgehead atoms. The minimum absolute atomic E-state index is 0.662. The Bertz CT molecular complexity index is 302. The van der Waals surface area contributed by atoms with Gasteiger partial charge in [-0.15, -0.1) is 0 Å². The number of hydrogen-bond acceptors (Lipinski definition) is 3. The number of anilines is 1. The Morgan fingerprint density at radius 2 is 1.47 bits per heavy atom. The van der Waals surface area contributed by atoms with Gasteiger partial charge in [-0.25, -0.2) is 0 Å². The quantitative estimate of drug-likeness (QED) is 0.710. The molecule has 1 rings (SSSR count). The Labute approximate surface area is 91.6 Å². The van der Waals surface area contributed by atoms with Crippen LogP contribution in [0.15, 0.2) is 24.3 Å². The van der Waals surface area contributed by atoms with Crippen LogP contribution in [0.4, 0.5) is 5.69 Å². The molecule has 0 radical (unpaired) electrons. The molecule has 0 spiro atoms. The molecule has 0 saturated carbocycles. The summed E-state index contributed by atoms with van der Waals surface area (Å²) in [6.45, 7) is 1.90. The van der Waals surface area contributed by atoms with Gasteiger partial charge in [0, 0.05) is 39.6 Å². The third-order valence-electron chi connectivity index (χ3n) is 2.69. The number of methoxy groups -OCH3 is 2. The lowest BCUT2D eigenvalue weighted by atomic mass is 10.1. The predicted molar refractivity (Wildman–Crippen MR) is 62.1 cm³/mol. The topological polar surface area (TPSA) is 21.7 Å².